The smallest absolute Gasteiger partial charge is 0.306 e. The molecule has 0 rings (SSSR count). The molecule has 0 aliphatic heterocycles. The third-order valence-corrected chi connectivity index (χ3v) is 2.10. The molecule has 1 unspecified atom stereocenters. The summed E-state index contributed by atoms with van der Waals surface area (Å²) in [6.07, 6.45) is -0.0269. The molecule has 0 N–H and O–H groups in total. The summed E-state index contributed by atoms with van der Waals surface area (Å²) < 4.78 is 26.7. The van der Waals surface area contributed by atoms with Gasteiger partial charge in [-0.2, -0.15) is 4.20 Å². The van der Waals surface area contributed by atoms with E-state index in [4.69, 9.17) is 0 Å². The van der Waals surface area contributed by atoms with E-state index in [0.29, 0.717) is 0 Å². The van der Waals surface area contributed by atoms with E-state index in [0.717, 1.165) is 0 Å². The van der Waals surface area contributed by atoms with Gasteiger partial charge in [-0.15, -0.1) is 0 Å². The first-order chi connectivity index (χ1) is 3.62. The highest BCUT2D eigenvalue weighted by atomic mass is 31.2. The van der Waals surface area contributed by atoms with Gasteiger partial charge in [-0.1, -0.05) is 6.92 Å². The van der Waals surface area contributed by atoms with Crippen molar-refractivity contribution in [2.45, 2.75) is 13.8 Å². The first-order valence-electron chi connectivity index (χ1n) is 2.55. The molecule has 0 spiro atoms. The zero-order chi connectivity index (χ0) is 6.62. The molecule has 0 amide bonds. The molecule has 0 aromatic heterocycles. The van der Waals surface area contributed by atoms with Gasteiger partial charge in [0.15, 0.2) is 0 Å². The van der Waals surface area contributed by atoms with Crippen molar-refractivity contribution in [2.75, 3.05) is 12.8 Å². The van der Waals surface area contributed by atoms with Crippen LogP contribution in [0.2, 0.25) is 0 Å². The molecule has 0 aliphatic rings. The fraction of sp³-hybridized carbons (Fsp3) is 1.00. The quantitative estimate of drug-likeness (QED) is 0.561. The molecule has 0 bridgehead atoms. The van der Waals surface area contributed by atoms with E-state index in [-0.39, 0.29) is 12.8 Å². The van der Waals surface area contributed by atoms with Gasteiger partial charge in [0.1, 0.15) is 0 Å². The Morgan fingerprint density at radius 2 is 2.12 bits per heavy atom. The summed E-state index contributed by atoms with van der Waals surface area (Å²) in [7, 11) is -3.67. The average Bonchev–Trinajstić information content (AvgIpc) is 1.67. The maximum atomic E-state index is 12.2. The average molecular weight is 140 g/mol. The summed E-state index contributed by atoms with van der Waals surface area (Å²) in [5, 5.41) is 0. The SMILES string of the molecule is CCOP(=O)(F)CC. The lowest BCUT2D eigenvalue weighted by molar-refractivity contribution is 0.305. The molecular formula is C4H10FO2P. The minimum absolute atomic E-state index is 0.0269. The second-order valence-corrected chi connectivity index (χ2v) is 3.40. The fourth-order valence-electron chi connectivity index (χ4n) is 0.284. The monoisotopic (exact) mass is 140 g/mol. The van der Waals surface area contributed by atoms with Crippen molar-refractivity contribution in [3.63, 3.8) is 0 Å². The molecule has 0 aromatic rings. The number of hydrogen-bond donors (Lipinski definition) is 0. The van der Waals surface area contributed by atoms with Crippen LogP contribution >= 0.6 is 7.68 Å². The third-order valence-electron chi connectivity index (χ3n) is 0.700. The van der Waals surface area contributed by atoms with E-state index in [1.165, 1.54) is 6.92 Å². The number of halogens is 1. The molecule has 0 aliphatic carbocycles. The largest absolute Gasteiger partial charge is 0.367 e. The predicted molar refractivity (Wildman–Crippen MR) is 30.9 cm³/mol. The molecule has 0 saturated heterocycles. The standard InChI is InChI=1S/C4H10FO2P/c1-3-7-8(5,6)4-2/h3-4H2,1-2H3. The van der Waals surface area contributed by atoms with Crippen molar-refractivity contribution >= 4 is 7.68 Å². The van der Waals surface area contributed by atoms with Crippen LogP contribution in [0.25, 0.3) is 0 Å². The van der Waals surface area contributed by atoms with Crippen molar-refractivity contribution < 1.29 is 13.3 Å². The molecular weight excluding hydrogens is 130 g/mol. The van der Waals surface area contributed by atoms with Gasteiger partial charge in [-0.05, 0) is 6.92 Å². The Balaban J connectivity index is 3.55. The number of rotatable bonds is 3. The summed E-state index contributed by atoms with van der Waals surface area (Å²) >= 11 is 0. The molecule has 0 heterocycles. The first kappa shape index (κ1) is 8.12. The Kier molecular flexibility index (Phi) is 3.25. The van der Waals surface area contributed by atoms with E-state index in [2.05, 4.69) is 4.52 Å². The molecule has 8 heavy (non-hydrogen) atoms. The Morgan fingerprint density at radius 3 is 2.25 bits per heavy atom. The minimum atomic E-state index is -3.67. The normalized spacial score (nSPS) is 17.9. The fourth-order valence-corrected chi connectivity index (χ4v) is 0.852. The van der Waals surface area contributed by atoms with E-state index in [9.17, 15) is 8.76 Å². The van der Waals surface area contributed by atoms with Crippen LogP contribution in [0, 0.1) is 0 Å². The zero-order valence-electron chi connectivity index (χ0n) is 5.06. The first-order valence-corrected chi connectivity index (χ1v) is 4.25. The molecule has 1 atom stereocenters. The summed E-state index contributed by atoms with van der Waals surface area (Å²) in [6, 6.07) is 0. The van der Waals surface area contributed by atoms with Crippen LogP contribution in [0.5, 0.6) is 0 Å². The van der Waals surface area contributed by atoms with Crippen LogP contribution in [0.3, 0.4) is 0 Å². The van der Waals surface area contributed by atoms with E-state index >= 15 is 0 Å². The van der Waals surface area contributed by atoms with Crippen LogP contribution in [0.15, 0.2) is 0 Å². The highest BCUT2D eigenvalue weighted by Crippen LogP contribution is 2.47. The van der Waals surface area contributed by atoms with E-state index < -0.39 is 7.68 Å². The third kappa shape index (κ3) is 3.16. The van der Waals surface area contributed by atoms with Gasteiger partial charge in [-0.3, -0.25) is 4.57 Å². The van der Waals surface area contributed by atoms with Gasteiger partial charge >= 0.3 is 7.68 Å². The molecule has 0 fully saturated rings. The van der Waals surface area contributed by atoms with Crippen LogP contribution in [-0.2, 0) is 9.09 Å². The lowest BCUT2D eigenvalue weighted by Gasteiger charge is -2.02. The molecule has 4 heteroatoms. The van der Waals surface area contributed by atoms with Gasteiger partial charge in [0.05, 0.1) is 12.8 Å². The van der Waals surface area contributed by atoms with Crippen molar-refractivity contribution in [1.82, 2.24) is 0 Å². The zero-order valence-corrected chi connectivity index (χ0v) is 5.95. The van der Waals surface area contributed by atoms with Gasteiger partial charge in [0.25, 0.3) is 0 Å². The topological polar surface area (TPSA) is 26.3 Å². The summed E-state index contributed by atoms with van der Waals surface area (Å²) in [4.78, 5) is 0. The maximum Gasteiger partial charge on any atom is 0.367 e. The lowest BCUT2D eigenvalue weighted by atomic mass is 10.9. The van der Waals surface area contributed by atoms with Crippen molar-refractivity contribution in [3.05, 3.63) is 0 Å². The number of hydrogen-bond acceptors (Lipinski definition) is 2. The van der Waals surface area contributed by atoms with E-state index in [1.807, 2.05) is 0 Å². The van der Waals surface area contributed by atoms with Gasteiger partial charge in [0, 0.05) is 0 Å². The Bertz CT molecular complexity index is 104. The van der Waals surface area contributed by atoms with Crippen molar-refractivity contribution in [2.24, 2.45) is 0 Å². The Morgan fingerprint density at radius 1 is 1.62 bits per heavy atom. The lowest BCUT2D eigenvalue weighted by Crippen LogP contribution is -1.85. The summed E-state index contributed by atoms with van der Waals surface area (Å²) in [5.41, 5.74) is 0. The molecule has 0 aromatic carbocycles. The van der Waals surface area contributed by atoms with Gasteiger partial charge in [0.2, 0.25) is 0 Å². The predicted octanol–water partition coefficient (Wildman–Crippen LogP) is 2.21. The summed E-state index contributed by atoms with van der Waals surface area (Å²) in [5.74, 6) is 0. The second kappa shape index (κ2) is 3.21. The van der Waals surface area contributed by atoms with Crippen LogP contribution in [-0.4, -0.2) is 12.8 Å². The van der Waals surface area contributed by atoms with Crippen LogP contribution < -0.4 is 0 Å². The highest BCUT2D eigenvalue weighted by molar-refractivity contribution is 7.53. The molecule has 0 radical (unpaired) electrons. The molecule has 0 saturated carbocycles. The molecule has 2 nitrogen and oxygen atoms in total. The minimum Gasteiger partial charge on any atom is -0.306 e. The maximum absolute atomic E-state index is 12.2. The Hall–Kier alpha value is 0.120. The van der Waals surface area contributed by atoms with Crippen molar-refractivity contribution in [1.29, 1.82) is 0 Å². The van der Waals surface area contributed by atoms with Crippen LogP contribution in [0.4, 0.5) is 4.20 Å². The molecule has 50 valence electrons. The second-order valence-electron chi connectivity index (χ2n) is 1.32. The van der Waals surface area contributed by atoms with Gasteiger partial charge < -0.3 is 4.52 Å². The summed E-state index contributed by atoms with van der Waals surface area (Å²) in [6.45, 7) is 3.29. The van der Waals surface area contributed by atoms with Gasteiger partial charge in [-0.25, -0.2) is 0 Å². The highest BCUT2D eigenvalue weighted by Gasteiger charge is 2.16. The van der Waals surface area contributed by atoms with Crippen LogP contribution in [0.1, 0.15) is 13.8 Å². The van der Waals surface area contributed by atoms with E-state index in [1.54, 1.807) is 6.92 Å². The van der Waals surface area contributed by atoms with Crippen molar-refractivity contribution in [3.8, 4) is 0 Å². The Labute approximate surface area is 48.6 Å².